The highest BCUT2D eigenvalue weighted by molar-refractivity contribution is 7.47. The van der Waals surface area contributed by atoms with Gasteiger partial charge in [-0.3, -0.25) is 13.8 Å². The highest BCUT2D eigenvalue weighted by Crippen LogP contribution is 2.43. The van der Waals surface area contributed by atoms with Crippen LogP contribution in [0.1, 0.15) is 122 Å². The minimum atomic E-state index is -4.26. The topological polar surface area (TPSA) is 102 Å². The number of likely N-dealkylation sites (N-methyl/N-ethyl adjacent to an activating group) is 1. The fourth-order valence-corrected chi connectivity index (χ4v) is 4.80. The van der Waals surface area contributed by atoms with E-state index in [-0.39, 0.29) is 13.0 Å². The van der Waals surface area contributed by atoms with Gasteiger partial charge < -0.3 is 19.2 Å². The van der Waals surface area contributed by atoms with Crippen molar-refractivity contribution in [3.8, 4) is 0 Å². The summed E-state index contributed by atoms with van der Waals surface area (Å²) in [6.45, 7) is 1.97. The van der Waals surface area contributed by atoms with Crippen LogP contribution in [0.5, 0.6) is 0 Å². The molecule has 2 atom stereocenters. The second-order valence-electron chi connectivity index (χ2n) is 11.7. The lowest BCUT2D eigenvalue weighted by molar-refractivity contribution is -0.870. The van der Waals surface area contributed by atoms with E-state index in [0.717, 1.165) is 19.3 Å². The average Bonchev–Trinajstić information content (AvgIpc) is 2.87. The summed E-state index contributed by atoms with van der Waals surface area (Å²) in [5.74, 6) is -0.433. The molecule has 232 valence electrons. The average molecular weight is 579 g/mol. The molecular formula is C30H61NO7P+. The number of esters is 1. The van der Waals surface area contributed by atoms with Crippen molar-refractivity contribution in [3.05, 3.63) is 12.2 Å². The Bertz CT molecular complexity index is 652. The molecule has 0 bridgehead atoms. The Kier molecular flexibility index (Phi) is 24.5. The van der Waals surface area contributed by atoms with Crippen molar-refractivity contribution in [1.29, 1.82) is 0 Å². The third-order valence-electron chi connectivity index (χ3n) is 6.58. The number of aliphatic hydroxyl groups excluding tert-OH is 1. The molecule has 0 saturated carbocycles. The zero-order chi connectivity index (χ0) is 29.2. The van der Waals surface area contributed by atoms with E-state index in [0.29, 0.717) is 11.0 Å². The Morgan fingerprint density at radius 1 is 0.795 bits per heavy atom. The highest BCUT2D eigenvalue weighted by Gasteiger charge is 2.25. The van der Waals surface area contributed by atoms with Gasteiger partial charge in [0.05, 0.1) is 34.4 Å². The lowest BCUT2D eigenvalue weighted by Gasteiger charge is -2.24. The van der Waals surface area contributed by atoms with E-state index in [2.05, 4.69) is 19.1 Å². The summed E-state index contributed by atoms with van der Waals surface area (Å²) in [6, 6.07) is 0. The number of nitrogens with zero attached hydrogens (tertiary/aromatic N) is 1. The number of aliphatic hydroxyl groups is 1. The molecule has 39 heavy (non-hydrogen) atoms. The van der Waals surface area contributed by atoms with E-state index in [1.54, 1.807) is 0 Å². The first-order valence-electron chi connectivity index (χ1n) is 15.5. The van der Waals surface area contributed by atoms with Gasteiger partial charge in [-0.2, -0.15) is 0 Å². The number of phosphoric acid groups is 1. The fraction of sp³-hybridized carbons (Fsp3) is 0.900. The van der Waals surface area contributed by atoms with Gasteiger partial charge >= 0.3 is 13.8 Å². The number of phosphoric ester groups is 1. The maximum Gasteiger partial charge on any atom is 0.472 e. The second-order valence-corrected chi connectivity index (χ2v) is 13.1. The van der Waals surface area contributed by atoms with Crippen LogP contribution >= 0.6 is 7.82 Å². The number of hydrogen-bond donors (Lipinski definition) is 2. The molecular weight excluding hydrogens is 517 g/mol. The maximum atomic E-state index is 12.0. The summed E-state index contributed by atoms with van der Waals surface area (Å²) in [7, 11) is 1.55. The minimum absolute atomic E-state index is 0.0534. The van der Waals surface area contributed by atoms with Crippen molar-refractivity contribution >= 4 is 13.8 Å². The normalized spacial score (nSPS) is 14.5. The molecule has 9 heteroatoms. The molecule has 0 rings (SSSR count). The molecule has 0 aliphatic carbocycles. The van der Waals surface area contributed by atoms with Gasteiger partial charge in [-0.25, -0.2) is 4.57 Å². The zero-order valence-electron chi connectivity index (χ0n) is 25.6. The SMILES string of the molecule is CCCCCCCC/C=C\CCCCCCCCCCCC(=O)OC(CO)COP(=O)(O)OCC[N+](C)(C)C. The van der Waals surface area contributed by atoms with Crippen LogP contribution in [-0.4, -0.2) is 74.1 Å². The van der Waals surface area contributed by atoms with Crippen molar-refractivity contribution in [2.24, 2.45) is 0 Å². The lowest BCUT2D eigenvalue weighted by Crippen LogP contribution is -2.37. The molecule has 0 aromatic carbocycles. The van der Waals surface area contributed by atoms with E-state index in [4.69, 9.17) is 13.8 Å². The first-order valence-corrected chi connectivity index (χ1v) is 17.0. The standard InChI is InChI=1S/C30H60NO7P/c1-5-6-7-8-9-10-11-12-13-14-15-16-17-18-19-20-21-22-23-24-30(33)38-29(27-32)28-37-39(34,35)36-26-25-31(2,3)4/h12-13,29,32H,5-11,14-28H2,1-4H3/p+1/b13-12-. The van der Waals surface area contributed by atoms with Crippen LogP contribution in [0, 0.1) is 0 Å². The molecule has 0 fully saturated rings. The largest absolute Gasteiger partial charge is 0.472 e. The molecule has 0 spiro atoms. The van der Waals surface area contributed by atoms with Gasteiger partial charge in [0.1, 0.15) is 19.3 Å². The van der Waals surface area contributed by atoms with Gasteiger partial charge in [-0.05, 0) is 32.1 Å². The predicted molar refractivity (Wildman–Crippen MR) is 160 cm³/mol. The Morgan fingerprint density at radius 2 is 1.28 bits per heavy atom. The van der Waals surface area contributed by atoms with Crippen molar-refractivity contribution in [3.63, 3.8) is 0 Å². The summed E-state index contributed by atoms with van der Waals surface area (Å²) in [5, 5.41) is 9.41. The van der Waals surface area contributed by atoms with Crippen molar-refractivity contribution in [2.45, 2.75) is 129 Å². The number of unbranched alkanes of at least 4 members (excludes halogenated alkanes) is 15. The molecule has 2 N–H and O–H groups in total. The van der Waals surface area contributed by atoms with Gasteiger partial charge in [0, 0.05) is 6.42 Å². The van der Waals surface area contributed by atoms with E-state index in [1.165, 1.54) is 89.9 Å². The predicted octanol–water partition coefficient (Wildman–Crippen LogP) is 7.33. The van der Waals surface area contributed by atoms with E-state index in [9.17, 15) is 19.4 Å². The van der Waals surface area contributed by atoms with Gasteiger partial charge in [0.25, 0.3) is 0 Å². The molecule has 0 aromatic rings. The molecule has 8 nitrogen and oxygen atoms in total. The van der Waals surface area contributed by atoms with Gasteiger partial charge in [-0.15, -0.1) is 0 Å². The number of rotatable bonds is 28. The number of ether oxygens (including phenoxy) is 1. The zero-order valence-corrected chi connectivity index (χ0v) is 26.5. The molecule has 0 aliphatic rings. The lowest BCUT2D eigenvalue weighted by atomic mass is 10.1. The Hall–Kier alpha value is -0.760. The first-order chi connectivity index (χ1) is 18.6. The second kappa shape index (κ2) is 25.0. The van der Waals surface area contributed by atoms with Crippen molar-refractivity contribution in [2.75, 3.05) is 47.5 Å². The molecule has 0 aromatic heterocycles. The summed E-state index contributed by atoms with van der Waals surface area (Å²) < 4.78 is 27.5. The third-order valence-corrected chi connectivity index (χ3v) is 7.57. The number of carbonyl (C=O) groups is 1. The number of quaternary nitrogens is 1. The monoisotopic (exact) mass is 578 g/mol. The van der Waals surface area contributed by atoms with Crippen molar-refractivity contribution < 1.29 is 37.6 Å². The Morgan fingerprint density at radius 3 is 1.77 bits per heavy atom. The van der Waals surface area contributed by atoms with Crippen LogP contribution in [0.15, 0.2) is 12.2 Å². The van der Waals surface area contributed by atoms with Crippen LogP contribution in [0.4, 0.5) is 0 Å². The first kappa shape index (κ1) is 38.2. The Labute approximate surface area is 239 Å². The third kappa shape index (κ3) is 28.6. The van der Waals surface area contributed by atoms with Crippen LogP contribution in [0.25, 0.3) is 0 Å². The van der Waals surface area contributed by atoms with Gasteiger partial charge in [-0.1, -0.05) is 96.1 Å². The van der Waals surface area contributed by atoms with Crippen LogP contribution in [0.2, 0.25) is 0 Å². The van der Waals surface area contributed by atoms with E-state index >= 15 is 0 Å². The van der Waals surface area contributed by atoms with E-state index < -0.39 is 33.1 Å². The molecule has 2 unspecified atom stereocenters. The highest BCUT2D eigenvalue weighted by atomic mass is 31.2. The smallest absolute Gasteiger partial charge is 0.457 e. The molecule has 0 aliphatic heterocycles. The van der Waals surface area contributed by atoms with Crippen LogP contribution < -0.4 is 0 Å². The van der Waals surface area contributed by atoms with Gasteiger partial charge in [0.15, 0.2) is 0 Å². The summed E-state index contributed by atoms with van der Waals surface area (Å²) >= 11 is 0. The van der Waals surface area contributed by atoms with E-state index in [1.807, 2.05) is 21.1 Å². The quantitative estimate of drug-likeness (QED) is 0.0329. The summed E-state index contributed by atoms with van der Waals surface area (Å²) in [6.07, 6.45) is 25.0. The Balaban J connectivity index is 3.62. The molecule has 0 radical (unpaired) electrons. The molecule has 0 heterocycles. The fourth-order valence-electron chi connectivity index (χ4n) is 4.06. The van der Waals surface area contributed by atoms with Crippen molar-refractivity contribution in [1.82, 2.24) is 0 Å². The minimum Gasteiger partial charge on any atom is -0.457 e. The summed E-state index contributed by atoms with van der Waals surface area (Å²) in [5.41, 5.74) is 0. The van der Waals surface area contributed by atoms with Crippen LogP contribution in [0.3, 0.4) is 0 Å². The maximum absolute atomic E-state index is 12.0. The van der Waals surface area contributed by atoms with Crippen LogP contribution in [-0.2, 0) is 23.1 Å². The molecule has 0 saturated heterocycles. The van der Waals surface area contributed by atoms with Gasteiger partial charge in [0.2, 0.25) is 0 Å². The number of carbonyl (C=O) groups excluding carboxylic acids is 1. The summed E-state index contributed by atoms with van der Waals surface area (Å²) in [4.78, 5) is 21.8. The number of hydrogen-bond acceptors (Lipinski definition) is 6. The molecule has 0 amide bonds. The number of allylic oxidation sites excluding steroid dienone is 2.